The van der Waals surface area contributed by atoms with Crippen molar-refractivity contribution in [3.8, 4) is 10.7 Å². The molecule has 0 spiro atoms. The Kier molecular flexibility index (Phi) is 5.85. The number of hydrogen-bond donors (Lipinski definition) is 1. The van der Waals surface area contributed by atoms with Crippen LogP contribution in [0, 0.1) is 5.92 Å². The van der Waals surface area contributed by atoms with Gasteiger partial charge in [0.2, 0.25) is 0 Å². The number of nitrogens with zero attached hydrogens (tertiary/aromatic N) is 3. The van der Waals surface area contributed by atoms with Gasteiger partial charge in [-0.1, -0.05) is 19.9 Å². The summed E-state index contributed by atoms with van der Waals surface area (Å²) in [6, 6.07) is 6.45. The topological polar surface area (TPSA) is 41.1 Å². The minimum Gasteiger partial charge on any atom is -0.310 e. The van der Waals surface area contributed by atoms with Gasteiger partial charge in [0.05, 0.1) is 11.4 Å². The van der Waals surface area contributed by atoms with Gasteiger partial charge in [0.25, 0.3) is 0 Å². The number of pyridine rings is 1. The number of rotatable bonds is 7. The lowest BCUT2D eigenvalue weighted by atomic mass is 10.0. The van der Waals surface area contributed by atoms with Gasteiger partial charge in [0.1, 0.15) is 5.01 Å². The quantitative estimate of drug-likeness (QED) is 0.854. The molecule has 1 atom stereocenters. The molecular weight excluding hydrogens is 280 g/mol. The van der Waals surface area contributed by atoms with Gasteiger partial charge >= 0.3 is 0 Å². The molecule has 0 saturated carbocycles. The summed E-state index contributed by atoms with van der Waals surface area (Å²) in [4.78, 5) is 11.3. The number of likely N-dealkylation sites (N-methyl/N-ethyl adjacent to an activating group) is 1. The second kappa shape index (κ2) is 7.64. The maximum absolute atomic E-state index is 4.65. The molecule has 0 aromatic carbocycles. The first-order valence-corrected chi connectivity index (χ1v) is 8.19. The summed E-state index contributed by atoms with van der Waals surface area (Å²) in [5.74, 6) is 0.631. The summed E-state index contributed by atoms with van der Waals surface area (Å²) < 4.78 is 0. The molecule has 2 heterocycles. The molecule has 5 heteroatoms. The number of aromatic nitrogens is 2. The lowest BCUT2D eigenvalue weighted by Crippen LogP contribution is -2.41. The fraction of sp³-hybridized carbons (Fsp3) is 0.500. The van der Waals surface area contributed by atoms with Crippen molar-refractivity contribution in [1.29, 1.82) is 0 Å². The van der Waals surface area contributed by atoms with Crippen molar-refractivity contribution in [2.45, 2.75) is 26.4 Å². The van der Waals surface area contributed by atoms with Crippen molar-refractivity contribution in [2.75, 3.05) is 20.6 Å². The first-order chi connectivity index (χ1) is 10.1. The highest BCUT2D eigenvalue weighted by atomic mass is 32.1. The summed E-state index contributed by atoms with van der Waals surface area (Å²) in [7, 11) is 4.27. The Balaban J connectivity index is 1.89. The van der Waals surface area contributed by atoms with Gasteiger partial charge in [-0.25, -0.2) is 4.98 Å². The minimum absolute atomic E-state index is 0.541. The maximum Gasteiger partial charge on any atom is 0.142 e. The monoisotopic (exact) mass is 304 g/mol. The average molecular weight is 304 g/mol. The summed E-state index contributed by atoms with van der Waals surface area (Å²) >= 11 is 1.65. The summed E-state index contributed by atoms with van der Waals surface area (Å²) in [6.07, 6.45) is 1.80. The zero-order valence-corrected chi connectivity index (χ0v) is 14.0. The molecule has 1 N–H and O–H groups in total. The Morgan fingerprint density at radius 1 is 1.29 bits per heavy atom. The van der Waals surface area contributed by atoms with E-state index in [-0.39, 0.29) is 0 Å². The first-order valence-electron chi connectivity index (χ1n) is 7.31. The largest absolute Gasteiger partial charge is 0.310 e. The standard InChI is InChI=1S/C16H24N4S/c1-12(2)15(20(3)4)10-17-9-13-11-21-16(19-13)14-7-5-6-8-18-14/h5-8,11-12,15,17H,9-10H2,1-4H3. The molecule has 0 aliphatic heterocycles. The third kappa shape index (κ3) is 4.59. The molecule has 0 aliphatic rings. The Morgan fingerprint density at radius 3 is 2.71 bits per heavy atom. The van der Waals surface area contributed by atoms with Gasteiger partial charge in [-0.15, -0.1) is 11.3 Å². The maximum atomic E-state index is 4.65. The molecule has 0 saturated heterocycles. The van der Waals surface area contributed by atoms with E-state index in [4.69, 9.17) is 0 Å². The van der Waals surface area contributed by atoms with E-state index in [9.17, 15) is 0 Å². The molecule has 1 unspecified atom stereocenters. The molecule has 2 rings (SSSR count). The number of nitrogens with one attached hydrogen (secondary N) is 1. The number of thiazole rings is 1. The van der Waals surface area contributed by atoms with Crippen LogP contribution in [0.4, 0.5) is 0 Å². The van der Waals surface area contributed by atoms with Gasteiger partial charge in [-0.3, -0.25) is 4.98 Å². The van der Waals surface area contributed by atoms with E-state index in [1.807, 2.05) is 18.2 Å². The SMILES string of the molecule is CC(C)C(CNCc1csc(-c2ccccn2)n1)N(C)C. The van der Waals surface area contributed by atoms with E-state index in [1.165, 1.54) is 0 Å². The third-order valence-corrected chi connectivity index (χ3v) is 4.44. The van der Waals surface area contributed by atoms with Gasteiger partial charge in [0.15, 0.2) is 0 Å². The van der Waals surface area contributed by atoms with E-state index in [1.54, 1.807) is 17.5 Å². The fourth-order valence-corrected chi connectivity index (χ4v) is 3.15. The normalized spacial score (nSPS) is 13.0. The zero-order valence-electron chi connectivity index (χ0n) is 13.2. The molecular formula is C16H24N4S. The molecule has 21 heavy (non-hydrogen) atoms. The van der Waals surface area contributed by atoms with Crippen LogP contribution in [-0.2, 0) is 6.54 Å². The van der Waals surface area contributed by atoms with E-state index in [0.717, 1.165) is 29.5 Å². The van der Waals surface area contributed by atoms with E-state index in [2.05, 4.69) is 53.5 Å². The smallest absolute Gasteiger partial charge is 0.142 e. The highest BCUT2D eigenvalue weighted by Crippen LogP contribution is 2.21. The number of hydrogen-bond acceptors (Lipinski definition) is 5. The molecule has 4 nitrogen and oxygen atoms in total. The molecule has 0 amide bonds. The zero-order chi connectivity index (χ0) is 15.2. The Bertz CT molecular complexity index is 528. The summed E-state index contributed by atoms with van der Waals surface area (Å²) in [5.41, 5.74) is 2.03. The summed E-state index contributed by atoms with van der Waals surface area (Å²) in [6.45, 7) is 6.30. The van der Waals surface area contributed by atoms with Crippen LogP contribution in [0.15, 0.2) is 29.8 Å². The van der Waals surface area contributed by atoms with E-state index >= 15 is 0 Å². The van der Waals surface area contributed by atoms with Gasteiger partial charge in [0, 0.05) is 30.7 Å². The Labute approximate surface area is 131 Å². The molecule has 0 bridgehead atoms. The van der Waals surface area contributed by atoms with Crippen molar-refractivity contribution >= 4 is 11.3 Å². The average Bonchev–Trinajstić information content (AvgIpc) is 2.92. The van der Waals surface area contributed by atoms with Crippen LogP contribution in [0.2, 0.25) is 0 Å². The van der Waals surface area contributed by atoms with Crippen LogP contribution in [0.3, 0.4) is 0 Å². The van der Waals surface area contributed by atoms with Crippen molar-refractivity contribution in [3.05, 3.63) is 35.5 Å². The predicted molar refractivity (Wildman–Crippen MR) is 89.4 cm³/mol. The van der Waals surface area contributed by atoms with Crippen LogP contribution in [0.25, 0.3) is 10.7 Å². The second-order valence-electron chi connectivity index (χ2n) is 5.76. The third-order valence-electron chi connectivity index (χ3n) is 3.53. The van der Waals surface area contributed by atoms with Crippen molar-refractivity contribution in [1.82, 2.24) is 20.2 Å². The van der Waals surface area contributed by atoms with Gasteiger partial charge < -0.3 is 10.2 Å². The molecule has 2 aromatic rings. The highest BCUT2D eigenvalue weighted by molar-refractivity contribution is 7.13. The van der Waals surface area contributed by atoms with E-state index < -0.39 is 0 Å². The van der Waals surface area contributed by atoms with Crippen LogP contribution in [-0.4, -0.2) is 41.5 Å². The van der Waals surface area contributed by atoms with Gasteiger partial charge in [-0.2, -0.15) is 0 Å². The lowest BCUT2D eigenvalue weighted by molar-refractivity contribution is 0.224. The molecule has 0 radical (unpaired) electrons. The predicted octanol–water partition coefficient (Wildman–Crippen LogP) is 2.88. The van der Waals surface area contributed by atoms with Crippen LogP contribution < -0.4 is 5.32 Å². The van der Waals surface area contributed by atoms with Gasteiger partial charge in [-0.05, 0) is 32.1 Å². The highest BCUT2D eigenvalue weighted by Gasteiger charge is 2.15. The van der Waals surface area contributed by atoms with Crippen molar-refractivity contribution < 1.29 is 0 Å². The van der Waals surface area contributed by atoms with Crippen molar-refractivity contribution in [3.63, 3.8) is 0 Å². The van der Waals surface area contributed by atoms with Crippen molar-refractivity contribution in [2.24, 2.45) is 5.92 Å². The lowest BCUT2D eigenvalue weighted by Gasteiger charge is -2.28. The first kappa shape index (κ1) is 16.1. The van der Waals surface area contributed by atoms with E-state index in [0.29, 0.717) is 12.0 Å². The van der Waals surface area contributed by atoms with Crippen LogP contribution in [0.5, 0.6) is 0 Å². The minimum atomic E-state index is 0.541. The molecule has 2 aromatic heterocycles. The second-order valence-corrected chi connectivity index (χ2v) is 6.62. The Morgan fingerprint density at radius 2 is 2.10 bits per heavy atom. The molecule has 0 fully saturated rings. The molecule has 0 aliphatic carbocycles. The summed E-state index contributed by atoms with van der Waals surface area (Å²) in [5, 5.41) is 6.61. The molecule has 114 valence electrons. The fourth-order valence-electron chi connectivity index (χ4n) is 2.36. The Hall–Kier alpha value is -1.30. The van der Waals surface area contributed by atoms with Crippen LogP contribution in [0.1, 0.15) is 19.5 Å². The van der Waals surface area contributed by atoms with Crippen LogP contribution >= 0.6 is 11.3 Å².